The number of nitrogens with one attached hydrogen (secondary N) is 2. The summed E-state index contributed by atoms with van der Waals surface area (Å²) in [6.07, 6.45) is 2.51. The molecule has 1 heterocycles. The Labute approximate surface area is 95.2 Å². The molecule has 1 rings (SSSR count). The number of rotatable bonds is 7. The number of aromatic nitrogens is 2. The SMILES string of the molecule is CC(C)COCCCNc1cn[nH]c(=O)c1. The molecule has 5 heteroatoms. The van der Waals surface area contributed by atoms with Crippen LogP contribution in [0.25, 0.3) is 0 Å². The van der Waals surface area contributed by atoms with Crippen LogP contribution in [-0.2, 0) is 4.74 Å². The van der Waals surface area contributed by atoms with E-state index in [9.17, 15) is 4.79 Å². The molecule has 0 saturated heterocycles. The van der Waals surface area contributed by atoms with E-state index in [0.717, 1.165) is 31.9 Å². The van der Waals surface area contributed by atoms with Gasteiger partial charge in [-0.3, -0.25) is 4.79 Å². The Balaban J connectivity index is 2.09. The molecule has 1 aromatic rings. The quantitative estimate of drug-likeness (QED) is 0.685. The first kappa shape index (κ1) is 12.7. The van der Waals surface area contributed by atoms with Gasteiger partial charge in [-0.2, -0.15) is 5.10 Å². The van der Waals surface area contributed by atoms with Gasteiger partial charge in [-0.25, -0.2) is 5.10 Å². The predicted molar refractivity (Wildman–Crippen MR) is 63.6 cm³/mol. The highest BCUT2D eigenvalue weighted by atomic mass is 16.5. The minimum atomic E-state index is -0.193. The van der Waals surface area contributed by atoms with E-state index >= 15 is 0 Å². The molecule has 0 amide bonds. The van der Waals surface area contributed by atoms with Crippen LogP contribution < -0.4 is 10.9 Å². The molecule has 0 aliphatic rings. The largest absolute Gasteiger partial charge is 0.383 e. The summed E-state index contributed by atoms with van der Waals surface area (Å²) in [7, 11) is 0. The van der Waals surface area contributed by atoms with Crippen LogP contribution >= 0.6 is 0 Å². The van der Waals surface area contributed by atoms with Crippen molar-refractivity contribution in [1.82, 2.24) is 10.2 Å². The Bertz CT molecular complexity index is 349. The van der Waals surface area contributed by atoms with Crippen molar-refractivity contribution in [2.24, 2.45) is 5.92 Å². The summed E-state index contributed by atoms with van der Waals surface area (Å²) in [4.78, 5) is 10.9. The maximum absolute atomic E-state index is 10.9. The lowest BCUT2D eigenvalue weighted by molar-refractivity contribution is 0.110. The van der Waals surface area contributed by atoms with Crippen LogP contribution in [-0.4, -0.2) is 30.0 Å². The van der Waals surface area contributed by atoms with Crippen molar-refractivity contribution in [3.05, 3.63) is 22.6 Å². The van der Waals surface area contributed by atoms with E-state index in [-0.39, 0.29) is 5.56 Å². The van der Waals surface area contributed by atoms with Gasteiger partial charge >= 0.3 is 0 Å². The molecule has 0 bridgehead atoms. The van der Waals surface area contributed by atoms with Crippen LogP contribution in [0.5, 0.6) is 0 Å². The molecule has 0 saturated carbocycles. The monoisotopic (exact) mass is 225 g/mol. The highest BCUT2D eigenvalue weighted by Crippen LogP contribution is 1.99. The van der Waals surface area contributed by atoms with Gasteiger partial charge in [0.15, 0.2) is 0 Å². The van der Waals surface area contributed by atoms with Gasteiger partial charge in [0.25, 0.3) is 5.56 Å². The molecule has 90 valence electrons. The Morgan fingerprint density at radius 3 is 3.06 bits per heavy atom. The number of nitrogens with zero attached hydrogens (tertiary/aromatic N) is 1. The molecular weight excluding hydrogens is 206 g/mol. The lowest BCUT2D eigenvalue weighted by Gasteiger charge is -2.07. The van der Waals surface area contributed by atoms with E-state index in [2.05, 4.69) is 29.4 Å². The van der Waals surface area contributed by atoms with Crippen molar-refractivity contribution in [2.45, 2.75) is 20.3 Å². The minimum Gasteiger partial charge on any atom is -0.383 e. The van der Waals surface area contributed by atoms with Gasteiger partial charge in [0, 0.05) is 25.8 Å². The van der Waals surface area contributed by atoms with Crippen molar-refractivity contribution in [1.29, 1.82) is 0 Å². The Hall–Kier alpha value is -1.36. The second-order valence-electron chi connectivity index (χ2n) is 4.08. The zero-order valence-electron chi connectivity index (χ0n) is 9.82. The topological polar surface area (TPSA) is 67.0 Å². The van der Waals surface area contributed by atoms with E-state index in [0.29, 0.717) is 5.92 Å². The van der Waals surface area contributed by atoms with Gasteiger partial charge in [-0.05, 0) is 12.3 Å². The van der Waals surface area contributed by atoms with Gasteiger partial charge in [0.05, 0.1) is 11.9 Å². The zero-order valence-corrected chi connectivity index (χ0v) is 9.82. The van der Waals surface area contributed by atoms with Crippen LogP contribution in [0.4, 0.5) is 5.69 Å². The molecule has 0 aliphatic heterocycles. The van der Waals surface area contributed by atoms with Gasteiger partial charge in [-0.15, -0.1) is 0 Å². The van der Waals surface area contributed by atoms with E-state index in [1.54, 1.807) is 6.20 Å². The molecule has 0 fully saturated rings. The summed E-state index contributed by atoms with van der Waals surface area (Å²) >= 11 is 0. The maximum atomic E-state index is 10.9. The van der Waals surface area contributed by atoms with Crippen LogP contribution in [0.2, 0.25) is 0 Å². The fraction of sp³-hybridized carbons (Fsp3) is 0.636. The summed E-state index contributed by atoms with van der Waals surface area (Å²) in [5.74, 6) is 0.574. The number of ether oxygens (including phenoxy) is 1. The van der Waals surface area contributed by atoms with Crippen molar-refractivity contribution >= 4 is 5.69 Å². The normalized spacial score (nSPS) is 10.7. The van der Waals surface area contributed by atoms with Crippen LogP contribution in [0.3, 0.4) is 0 Å². The standard InChI is InChI=1S/C11H19N3O2/c1-9(2)8-16-5-3-4-12-10-6-11(15)14-13-7-10/h6-7,9H,3-5,8H2,1-2H3,(H2,12,14,15). The Kier molecular flexibility index (Phi) is 5.56. The summed E-state index contributed by atoms with van der Waals surface area (Å²) in [6, 6.07) is 1.49. The molecule has 0 atom stereocenters. The number of aromatic amines is 1. The van der Waals surface area contributed by atoms with Crippen LogP contribution in [0.1, 0.15) is 20.3 Å². The van der Waals surface area contributed by atoms with E-state index in [4.69, 9.17) is 4.74 Å². The van der Waals surface area contributed by atoms with Crippen LogP contribution in [0, 0.1) is 5.92 Å². The fourth-order valence-electron chi connectivity index (χ4n) is 1.20. The highest BCUT2D eigenvalue weighted by molar-refractivity contribution is 5.38. The number of H-pyrrole nitrogens is 1. The first-order valence-corrected chi connectivity index (χ1v) is 5.55. The van der Waals surface area contributed by atoms with E-state index in [1.165, 1.54) is 6.07 Å². The van der Waals surface area contributed by atoms with Gasteiger partial charge in [0.1, 0.15) is 0 Å². The maximum Gasteiger partial charge on any atom is 0.266 e. The van der Waals surface area contributed by atoms with Gasteiger partial charge in [0.2, 0.25) is 0 Å². The third kappa shape index (κ3) is 5.50. The fourth-order valence-corrected chi connectivity index (χ4v) is 1.20. The van der Waals surface area contributed by atoms with Crippen molar-refractivity contribution in [3.8, 4) is 0 Å². The third-order valence-corrected chi connectivity index (χ3v) is 1.91. The second-order valence-corrected chi connectivity index (χ2v) is 4.08. The van der Waals surface area contributed by atoms with Crippen LogP contribution in [0.15, 0.2) is 17.1 Å². The Morgan fingerprint density at radius 1 is 1.56 bits per heavy atom. The lowest BCUT2D eigenvalue weighted by Crippen LogP contribution is -2.11. The Morgan fingerprint density at radius 2 is 2.38 bits per heavy atom. The number of hydrogen-bond acceptors (Lipinski definition) is 4. The van der Waals surface area contributed by atoms with Gasteiger partial charge in [-0.1, -0.05) is 13.8 Å². The predicted octanol–water partition coefficient (Wildman–Crippen LogP) is 1.24. The zero-order chi connectivity index (χ0) is 11.8. The highest BCUT2D eigenvalue weighted by Gasteiger charge is 1.95. The molecule has 16 heavy (non-hydrogen) atoms. The molecule has 0 aromatic carbocycles. The number of anilines is 1. The molecule has 0 unspecified atom stereocenters. The molecule has 2 N–H and O–H groups in total. The summed E-state index contributed by atoms with van der Waals surface area (Å²) in [6.45, 7) is 6.57. The molecular formula is C11H19N3O2. The second kappa shape index (κ2) is 7.00. The molecule has 0 radical (unpaired) electrons. The lowest BCUT2D eigenvalue weighted by atomic mass is 10.2. The van der Waals surface area contributed by atoms with E-state index < -0.39 is 0 Å². The first-order chi connectivity index (χ1) is 7.68. The molecule has 0 aliphatic carbocycles. The van der Waals surface area contributed by atoms with Crippen molar-refractivity contribution in [3.63, 3.8) is 0 Å². The van der Waals surface area contributed by atoms with E-state index in [1.807, 2.05) is 0 Å². The number of hydrogen-bond donors (Lipinski definition) is 2. The summed E-state index contributed by atoms with van der Waals surface area (Å²) < 4.78 is 5.43. The first-order valence-electron chi connectivity index (χ1n) is 5.55. The average molecular weight is 225 g/mol. The van der Waals surface area contributed by atoms with Crippen molar-refractivity contribution in [2.75, 3.05) is 25.1 Å². The molecule has 5 nitrogen and oxygen atoms in total. The van der Waals surface area contributed by atoms with Crippen molar-refractivity contribution < 1.29 is 4.74 Å². The molecule has 1 aromatic heterocycles. The average Bonchev–Trinajstić information content (AvgIpc) is 2.23. The van der Waals surface area contributed by atoms with Gasteiger partial charge < -0.3 is 10.1 Å². The minimum absolute atomic E-state index is 0.193. The summed E-state index contributed by atoms with van der Waals surface area (Å²) in [5, 5.41) is 9.13. The third-order valence-electron chi connectivity index (χ3n) is 1.91. The smallest absolute Gasteiger partial charge is 0.266 e. The molecule has 0 spiro atoms. The summed E-state index contributed by atoms with van der Waals surface area (Å²) in [5.41, 5.74) is 0.550.